The molecule has 2 nitrogen and oxygen atoms in total. The Kier molecular flexibility index (Phi) is 5.69. The molecule has 1 atom stereocenters. The summed E-state index contributed by atoms with van der Waals surface area (Å²) in [5.74, 6) is 0.928. The minimum absolute atomic E-state index is 0.187. The molecule has 1 N–H and O–H groups in total. The molecule has 2 aliphatic rings. The Balaban J connectivity index is 1.65. The van der Waals surface area contributed by atoms with Crippen LogP contribution in [0.1, 0.15) is 92.9 Å². The van der Waals surface area contributed by atoms with Gasteiger partial charge in [-0.1, -0.05) is 52.9 Å². The maximum atomic E-state index is 12.8. The number of thiophene rings is 1. The lowest BCUT2D eigenvalue weighted by atomic mass is 9.72. The van der Waals surface area contributed by atoms with Crippen molar-refractivity contribution in [3.8, 4) is 0 Å². The van der Waals surface area contributed by atoms with E-state index in [1.165, 1.54) is 49.0 Å². The number of amides is 1. The predicted octanol–water partition coefficient (Wildman–Crippen LogP) is 5.74. The van der Waals surface area contributed by atoms with E-state index in [1.807, 2.05) is 11.3 Å². The van der Waals surface area contributed by atoms with Gasteiger partial charge in [-0.15, -0.1) is 11.3 Å². The molecule has 1 saturated carbocycles. The fraction of sp³-hybridized carbons (Fsp3) is 0.762. The first-order valence-corrected chi connectivity index (χ1v) is 10.7. The molecule has 1 aromatic heterocycles. The van der Waals surface area contributed by atoms with Gasteiger partial charge in [-0.2, -0.15) is 0 Å². The van der Waals surface area contributed by atoms with Gasteiger partial charge >= 0.3 is 0 Å². The van der Waals surface area contributed by atoms with E-state index in [0.717, 1.165) is 37.2 Å². The van der Waals surface area contributed by atoms with Crippen molar-refractivity contribution >= 4 is 17.2 Å². The highest BCUT2D eigenvalue weighted by Gasteiger charge is 2.31. The van der Waals surface area contributed by atoms with Crippen molar-refractivity contribution in [3.63, 3.8) is 0 Å². The van der Waals surface area contributed by atoms with Gasteiger partial charge < -0.3 is 5.32 Å². The lowest BCUT2D eigenvalue weighted by Gasteiger charge is -2.34. The van der Waals surface area contributed by atoms with E-state index in [0.29, 0.717) is 11.5 Å². The monoisotopic (exact) mass is 347 g/mol. The molecule has 0 spiro atoms. The average Bonchev–Trinajstić information content (AvgIpc) is 2.92. The van der Waals surface area contributed by atoms with Crippen LogP contribution in [-0.4, -0.2) is 11.9 Å². The van der Waals surface area contributed by atoms with E-state index >= 15 is 0 Å². The summed E-state index contributed by atoms with van der Waals surface area (Å²) in [6.45, 7) is 7.04. The average molecular weight is 348 g/mol. The third-order valence-corrected chi connectivity index (χ3v) is 7.12. The zero-order valence-electron chi connectivity index (χ0n) is 15.6. The molecular weight excluding hydrogens is 314 g/mol. The minimum atomic E-state index is 0.187. The Labute approximate surface area is 151 Å². The van der Waals surface area contributed by atoms with E-state index in [2.05, 4.69) is 31.5 Å². The minimum Gasteiger partial charge on any atom is -0.349 e. The summed E-state index contributed by atoms with van der Waals surface area (Å²) in [6, 6.07) is 0.388. The lowest BCUT2D eigenvalue weighted by molar-refractivity contribution is 0.0929. The van der Waals surface area contributed by atoms with Crippen LogP contribution in [0, 0.1) is 11.3 Å². The highest BCUT2D eigenvalue weighted by Crippen LogP contribution is 2.40. The van der Waals surface area contributed by atoms with Gasteiger partial charge in [0.05, 0.1) is 5.56 Å². The lowest BCUT2D eigenvalue weighted by Crippen LogP contribution is -2.36. The normalized spacial score (nSPS) is 23.2. The molecule has 0 aromatic carbocycles. The van der Waals surface area contributed by atoms with Crippen molar-refractivity contribution in [1.82, 2.24) is 5.32 Å². The first kappa shape index (κ1) is 18.0. The van der Waals surface area contributed by atoms with Gasteiger partial charge in [-0.05, 0) is 49.0 Å². The molecule has 1 unspecified atom stereocenters. The van der Waals surface area contributed by atoms with Gasteiger partial charge in [-0.25, -0.2) is 0 Å². The molecule has 134 valence electrons. The molecular formula is C21H33NOS. The third kappa shape index (κ3) is 4.22. The molecule has 0 bridgehead atoms. The van der Waals surface area contributed by atoms with Crippen LogP contribution in [0.5, 0.6) is 0 Å². The molecule has 0 radical (unpaired) electrons. The van der Waals surface area contributed by atoms with E-state index in [1.54, 1.807) is 0 Å². The smallest absolute Gasteiger partial charge is 0.252 e. The Morgan fingerprint density at radius 3 is 2.42 bits per heavy atom. The number of carbonyl (C=O) groups excluding carboxylic acids is 1. The molecule has 1 amide bonds. The van der Waals surface area contributed by atoms with Crippen LogP contribution in [0.2, 0.25) is 0 Å². The summed E-state index contributed by atoms with van der Waals surface area (Å²) in [4.78, 5) is 14.3. The van der Waals surface area contributed by atoms with Crippen molar-refractivity contribution in [2.75, 3.05) is 0 Å². The largest absolute Gasteiger partial charge is 0.349 e. The quantitative estimate of drug-likeness (QED) is 0.726. The van der Waals surface area contributed by atoms with E-state index in [4.69, 9.17) is 0 Å². The summed E-state index contributed by atoms with van der Waals surface area (Å²) >= 11 is 1.81. The van der Waals surface area contributed by atoms with E-state index in [9.17, 15) is 4.79 Å². The van der Waals surface area contributed by atoms with Crippen LogP contribution in [0.25, 0.3) is 0 Å². The second kappa shape index (κ2) is 7.59. The number of carbonyl (C=O) groups is 1. The summed E-state index contributed by atoms with van der Waals surface area (Å²) in [6.07, 6.45) is 12.3. The van der Waals surface area contributed by atoms with Crippen LogP contribution >= 0.6 is 11.3 Å². The Morgan fingerprint density at radius 2 is 1.75 bits per heavy atom. The molecule has 24 heavy (non-hydrogen) atoms. The van der Waals surface area contributed by atoms with Gasteiger partial charge in [0.25, 0.3) is 5.91 Å². The van der Waals surface area contributed by atoms with Crippen LogP contribution in [0.15, 0.2) is 5.38 Å². The van der Waals surface area contributed by atoms with Gasteiger partial charge in [0, 0.05) is 16.3 Å². The van der Waals surface area contributed by atoms with Crippen molar-refractivity contribution in [2.45, 2.75) is 91.0 Å². The van der Waals surface area contributed by atoms with Crippen molar-refractivity contribution in [1.29, 1.82) is 0 Å². The van der Waals surface area contributed by atoms with Crippen LogP contribution in [-0.2, 0) is 12.8 Å². The summed E-state index contributed by atoms with van der Waals surface area (Å²) < 4.78 is 0. The SMILES string of the molecule is CC(C)(C)C1CCc2c(C(=O)NC3CCCCCCC3)csc2C1. The van der Waals surface area contributed by atoms with Crippen LogP contribution in [0.4, 0.5) is 0 Å². The number of hydrogen-bond donors (Lipinski definition) is 1. The predicted molar refractivity (Wildman–Crippen MR) is 103 cm³/mol. The topological polar surface area (TPSA) is 29.1 Å². The molecule has 0 saturated heterocycles. The molecule has 3 heteroatoms. The van der Waals surface area contributed by atoms with E-state index in [-0.39, 0.29) is 5.91 Å². The third-order valence-electron chi connectivity index (χ3n) is 6.07. The van der Waals surface area contributed by atoms with E-state index < -0.39 is 0 Å². The van der Waals surface area contributed by atoms with Crippen LogP contribution < -0.4 is 5.32 Å². The number of nitrogens with one attached hydrogen (secondary N) is 1. The first-order chi connectivity index (χ1) is 11.4. The molecule has 1 fully saturated rings. The number of fused-ring (bicyclic) bond motifs is 1. The first-order valence-electron chi connectivity index (χ1n) is 9.85. The molecule has 2 aliphatic carbocycles. The van der Waals surface area contributed by atoms with Gasteiger partial charge in [0.15, 0.2) is 0 Å². The highest BCUT2D eigenvalue weighted by atomic mass is 32.1. The summed E-state index contributed by atoms with van der Waals surface area (Å²) in [7, 11) is 0. The fourth-order valence-corrected chi connectivity index (χ4v) is 5.47. The van der Waals surface area contributed by atoms with Gasteiger partial charge in [-0.3, -0.25) is 4.79 Å². The van der Waals surface area contributed by atoms with Crippen molar-refractivity contribution in [3.05, 3.63) is 21.4 Å². The maximum Gasteiger partial charge on any atom is 0.252 e. The zero-order valence-corrected chi connectivity index (χ0v) is 16.4. The molecule has 1 heterocycles. The second-order valence-electron chi connectivity index (χ2n) is 8.87. The number of rotatable bonds is 2. The standard InChI is InChI=1S/C21H33NOS/c1-21(2,3)15-11-12-17-18(14-24-19(17)13-15)20(23)22-16-9-7-5-4-6-8-10-16/h14-16H,4-13H2,1-3H3,(H,22,23). The fourth-order valence-electron chi connectivity index (χ4n) is 4.31. The summed E-state index contributed by atoms with van der Waals surface area (Å²) in [5, 5.41) is 5.47. The molecule has 0 aliphatic heterocycles. The van der Waals surface area contributed by atoms with Gasteiger partial charge in [0.1, 0.15) is 0 Å². The van der Waals surface area contributed by atoms with Crippen molar-refractivity contribution < 1.29 is 4.79 Å². The Bertz CT molecular complexity index is 561. The van der Waals surface area contributed by atoms with Gasteiger partial charge in [0.2, 0.25) is 0 Å². The van der Waals surface area contributed by atoms with Crippen molar-refractivity contribution in [2.24, 2.45) is 11.3 Å². The summed E-state index contributed by atoms with van der Waals surface area (Å²) in [5.41, 5.74) is 2.69. The second-order valence-corrected chi connectivity index (χ2v) is 9.84. The Morgan fingerprint density at radius 1 is 1.08 bits per heavy atom. The Hall–Kier alpha value is -0.830. The highest BCUT2D eigenvalue weighted by molar-refractivity contribution is 7.10. The zero-order chi connectivity index (χ0) is 17.2. The van der Waals surface area contributed by atoms with Crippen LogP contribution in [0.3, 0.4) is 0 Å². The maximum absolute atomic E-state index is 12.8. The number of hydrogen-bond acceptors (Lipinski definition) is 2. The molecule has 1 aromatic rings. The molecule has 3 rings (SSSR count).